The monoisotopic (exact) mass is 215 g/mol. The van der Waals surface area contributed by atoms with E-state index in [4.69, 9.17) is 0 Å². The summed E-state index contributed by atoms with van der Waals surface area (Å²) in [6.45, 7) is 3.49. The zero-order valence-electron chi connectivity index (χ0n) is 9.24. The molecule has 1 aromatic heterocycles. The van der Waals surface area contributed by atoms with Gasteiger partial charge in [0, 0.05) is 12.6 Å². The van der Waals surface area contributed by atoms with Crippen molar-refractivity contribution in [2.24, 2.45) is 0 Å². The van der Waals surface area contributed by atoms with E-state index in [-0.39, 0.29) is 5.91 Å². The molecule has 0 bridgehead atoms. The van der Waals surface area contributed by atoms with E-state index in [1.165, 1.54) is 6.92 Å². The Bertz CT molecular complexity index is 499. The number of amides is 1. The minimum absolute atomic E-state index is 0.0644. The van der Waals surface area contributed by atoms with Gasteiger partial charge >= 0.3 is 0 Å². The summed E-state index contributed by atoms with van der Waals surface area (Å²) in [5.41, 5.74) is 3.97. The minimum atomic E-state index is -0.0644. The lowest BCUT2D eigenvalue weighted by molar-refractivity contribution is -0.114. The van der Waals surface area contributed by atoms with E-state index in [0.29, 0.717) is 0 Å². The first-order chi connectivity index (χ1) is 7.66. The highest BCUT2D eigenvalue weighted by molar-refractivity contribution is 5.88. The quantitative estimate of drug-likeness (QED) is 0.807. The van der Waals surface area contributed by atoms with Crippen molar-refractivity contribution in [1.29, 1.82) is 0 Å². The predicted octanol–water partition coefficient (Wildman–Crippen LogP) is 2.34. The van der Waals surface area contributed by atoms with Crippen LogP contribution in [0.25, 0.3) is 11.3 Å². The molecule has 0 atom stereocenters. The van der Waals surface area contributed by atoms with Gasteiger partial charge in [-0.05, 0) is 30.2 Å². The first-order valence-electron chi connectivity index (χ1n) is 5.05. The van der Waals surface area contributed by atoms with Gasteiger partial charge in [0.1, 0.15) is 0 Å². The summed E-state index contributed by atoms with van der Waals surface area (Å²) in [5.74, 6) is -0.0644. The fourth-order valence-corrected chi connectivity index (χ4v) is 1.56. The minimum Gasteiger partial charge on any atom is -0.326 e. The van der Waals surface area contributed by atoms with E-state index in [1.54, 1.807) is 6.20 Å². The van der Waals surface area contributed by atoms with Crippen LogP contribution in [0.5, 0.6) is 0 Å². The van der Waals surface area contributed by atoms with Gasteiger partial charge < -0.3 is 5.32 Å². The maximum atomic E-state index is 10.9. The summed E-state index contributed by atoms with van der Waals surface area (Å²) in [6.07, 6.45) is 1.79. The lowest BCUT2D eigenvalue weighted by Gasteiger charge is -2.03. The average Bonchev–Trinajstić information content (AvgIpc) is 2.65. The molecule has 82 valence electrons. The molecule has 0 radical (unpaired) electrons. The van der Waals surface area contributed by atoms with Crippen molar-refractivity contribution in [2.45, 2.75) is 13.8 Å². The lowest BCUT2D eigenvalue weighted by Crippen LogP contribution is -2.05. The highest BCUT2D eigenvalue weighted by atomic mass is 16.1. The van der Waals surface area contributed by atoms with Crippen molar-refractivity contribution in [2.75, 3.05) is 5.32 Å². The molecule has 4 heteroatoms. The molecule has 2 aromatic rings. The van der Waals surface area contributed by atoms with Gasteiger partial charge in [-0.15, -0.1) is 0 Å². The maximum absolute atomic E-state index is 10.9. The smallest absolute Gasteiger partial charge is 0.221 e. The van der Waals surface area contributed by atoms with Gasteiger partial charge in [0.05, 0.1) is 11.9 Å². The van der Waals surface area contributed by atoms with E-state index in [9.17, 15) is 4.79 Å². The molecule has 0 aliphatic rings. The Kier molecular flexibility index (Phi) is 2.72. The van der Waals surface area contributed by atoms with Crippen molar-refractivity contribution in [1.82, 2.24) is 10.2 Å². The second kappa shape index (κ2) is 4.18. The molecule has 0 unspecified atom stereocenters. The predicted molar refractivity (Wildman–Crippen MR) is 63.1 cm³/mol. The van der Waals surface area contributed by atoms with Gasteiger partial charge in [-0.25, -0.2) is 0 Å². The zero-order chi connectivity index (χ0) is 11.5. The Morgan fingerprint density at radius 1 is 1.31 bits per heavy atom. The van der Waals surface area contributed by atoms with Gasteiger partial charge in [0.2, 0.25) is 5.91 Å². The van der Waals surface area contributed by atoms with Gasteiger partial charge in [0.25, 0.3) is 0 Å². The highest BCUT2D eigenvalue weighted by Crippen LogP contribution is 2.21. The summed E-state index contributed by atoms with van der Waals surface area (Å²) >= 11 is 0. The molecular weight excluding hydrogens is 202 g/mol. The molecule has 4 nitrogen and oxygen atoms in total. The Morgan fingerprint density at radius 3 is 2.50 bits per heavy atom. The molecule has 0 aliphatic heterocycles. The van der Waals surface area contributed by atoms with Crippen LogP contribution in [-0.4, -0.2) is 16.1 Å². The molecule has 0 spiro atoms. The summed E-state index contributed by atoms with van der Waals surface area (Å²) in [4.78, 5) is 10.9. The van der Waals surface area contributed by atoms with Crippen molar-refractivity contribution in [3.05, 3.63) is 36.0 Å². The van der Waals surface area contributed by atoms with Crippen molar-refractivity contribution < 1.29 is 4.79 Å². The second-order valence-corrected chi connectivity index (χ2v) is 3.69. The number of anilines is 1. The molecule has 16 heavy (non-hydrogen) atoms. The molecule has 0 saturated carbocycles. The number of benzene rings is 1. The number of aromatic nitrogens is 2. The summed E-state index contributed by atoms with van der Waals surface area (Å²) < 4.78 is 0. The molecular formula is C12H13N3O. The maximum Gasteiger partial charge on any atom is 0.221 e. The van der Waals surface area contributed by atoms with Crippen LogP contribution in [0, 0.1) is 6.92 Å². The molecule has 1 aromatic carbocycles. The first kappa shape index (κ1) is 10.4. The fourth-order valence-electron chi connectivity index (χ4n) is 1.56. The molecule has 0 saturated heterocycles. The number of H-pyrrole nitrogens is 1. The van der Waals surface area contributed by atoms with Crippen LogP contribution in [0.15, 0.2) is 30.5 Å². The Morgan fingerprint density at radius 2 is 2.00 bits per heavy atom. The van der Waals surface area contributed by atoms with Crippen molar-refractivity contribution >= 4 is 11.6 Å². The molecule has 1 amide bonds. The van der Waals surface area contributed by atoms with Crippen LogP contribution in [0.1, 0.15) is 12.5 Å². The number of aromatic amines is 1. The molecule has 1 heterocycles. The number of rotatable bonds is 2. The van der Waals surface area contributed by atoms with Gasteiger partial charge in [-0.1, -0.05) is 12.1 Å². The molecule has 0 aliphatic carbocycles. The lowest BCUT2D eigenvalue weighted by atomic mass is 10.1. The largest absolute Gasteiger partial charge is 0.326 e. The Hall–Kier alpha value is -2.10. The number of hydrogen-bond acceptors (Lipinski definition) is 2. The van der Waals surface area contributed by atoms with Crippen LogP contribution in [0.2, 0.25) is 0 Å². The summed E-state index contributed by atoms with van der Waals surface area (Å²) in [7, 11) is 0. The number of nitrogens with zero attached hydrogens (tertiary/aromatic N) is 1. The van der Waals surface area contributed by atoms with Gasteiger partial charge in [0.15, 0.2) is 0 Å². The van der Waals surface area contributed by atoms with E-state index in [0.717, 1.165) is 22.5 Å². The summed E-state index contributed by atoms with van der Waals surface area (Å²) in [5, 5.41) is 9.65. The third kappa shape index (κ3) is 2.11. The van der Waals surface area contributed by atoms with E-state index >= 15 is 0 Å². The van der Waals surface area contributed by atoms with Gasteiger partial charge in [-0.2, -0.15) is 5.10 Å². The van der Waals surface area contributed by atoms with Crippen molar-refractivity contribution in [3.63, 3.8) is 0 Å². The van der Waals surface area contributed by atoms with E-state index < -0.39 is 0 Å². The molecule has 0 fully saturated rings. The van der Waals surface area contributed by atoms with Crippen LogP contribution in [-0.2, 0) is 4.79 Å². The van der Waals surface area contributed by atoms with Crippen LogP contribution < -0.4 is 5.32 Å². The first-order valence-corrected chi connectivity index (χ1v) is 5.05. The number of nitrogens with one attached hydrogen (secondary N) is 2. The standard InChI is InChI=1S/C12H13N3O/c1-8-7-13-15-12(8)10-3-5-11(6-4-10)14-9(2)16/h3-7H,1-2H3,(H,13,15)(H,14,16). The SMILES string of the molecule is CC(=O)Nc1ccc(-c2[nH]ncc2C)cc1. The topological polar surface area (TPSA) is 57.8 Å². The third-order valence-corrected chi connectivity index (χ3v) is 2.32. The Labute approximate surface area is 93.7 Å². The zero-order valence-corrected chi connectivity index (χ0v) is 9.24. The number of hydrogen-bond donors (Lipinski definition) is 2. The normalized spacial score (nSPS) is 10.1. The van der Waals surface area contributed by atoms with E-state index in [2.05, 4.69) is 15.5 Å². The highest BCUT2D eigenvalue weighted by Gasteiger charge is 2.03. The number of carbonyl (C=O) groups is 1. The summed E-state index contributed by atoms with van der Waals surface area (Å²) in [6, 6.07) is 7.64. The second-order valence-electron chi connectivity index (χ2n) is 3.69. The number of aryl methyl sites for hydroxylation is 1. The molecule has 2 N–H and O–H groups in total. The average molecular weight is 215 g/mol. The van der Waals surface area contributed by atoms with Crippen molar-refractivity contribution in [3.8, 4) is 11.3 Å². The van der Waals surface area contributed by atoms with E-state index in [1.807, 2.05) is 31.2 Å². The number of carbonyl (C=O) groups excluding carboxylic acids is 1. The van der Waals surface area contributed by atoms with Crippen LogP contribution in [0.4, 0.5) is 5.69 Å². The Balaban J connectivity index is 2.26. The molecule has 2 rings (SSSR count). The van der Waals surface area contributed by atoms with Crippen LogP contribution >= 0.6 is 0 Å². The van der Waals surface area contributed by atoms with Crippen LogP contribution in [0.3, 0.4) is 0 Å². The van der Waals surface area contributed by atoms with Gasteiger partial charge in [-0.3, -0.25) is 9.89 Å². The third-order valence-electron chi connectivity index (χ3n) is 2.32. The fraction of sp³-hybridized carbons (Fsp3) is 0.167.